The molecule has 10 heteroatoms. The molecule has 2 heterocycles. The molecule has 6 rings (SSSR count). The van der Waals surface area contributed by atoms with E-state index in [2.05, 4.69) is 17.3 Å². The number of nitrogens with zero attached hydrogens (tertiary/aromatic N) is 2. The summed E-state index contributed by atoms with van der Waals surface area (Å²) >= 11 is 1.50. The van der Waals surface area contributed by atoms with Gasteiger partial charge in [0.1, 0.15) is 16.7 Å². The van der Waals surface area contributed by atoms with Gasteiger partial charge in [0.15, 0.2) is 11.8 Å². The maximum absolute atomic E-state index is 13.4. The number of aromatic nitrogens is 3. The van der Waals surface area contributed by atoms with Crippen LogP contribution in [0.3, 0.4) is 0 Å². The smallest absolute Gasteiger partial charge is 0.335 e. The van der Waals surface area contributed by atoms with Gasteiger partial charge in [-0.2, -0.15) is 0 Å². The van der Waals surface area contributed by atoms with Crippen LogP contribution in [-0.2, 0) is 4.79 Å². The fourth-order valence-corrected chi connectivity index (χ4v) is 6.39. The van der Waals surface area contributed by atoms with Crippen LogP contribution < -0.4 is 14.8 Å². The van der Waals surface area contributed by atoms with Crippen LogP contribution in [0, 0.1) is 5.92 Å². The average molecular weight is 599 g/mol. The number of imidazole rings is 1. The number of carbonyl (C=O) groups excluding carboxylic acids is 1. The minimum atomic E-state index is -1.02. The molecule has 5 aromatic rings. The lowest BCUT2D eigenvalue weighted by molar-refractivity contribution is -0.122. The van der Waals surface area contributed by atoms with Gasteiger partial charge in [-0.15, -0.1) is 0 Å². The van der Waals surface area contributed by atoms with Crippen molar-refractivity contribution in [2.45, 2.75) is 68.0 Å². The van der Waals surface area contributed by atoms with Gasteiger partial charge in [-0.05, 0) is 86.6 Å². The number of carboxylic acids is 1. The van der Waals surface area contributed by atoms with E-state index in [1.165, 1.54) is 23.9 Å². The van der Waals surface area contributed by atoms with Crippen LogP contribution in [0.1, 0.15) is 56.3 Å². The number of ether oxygens (including phenoxy) is 2. The molecule has 3 aromatic carbocycles. The molecule has 1 atom stereocenters. The summed E-state index contributed by atoms with van der Waals surface area (Å²) in [5.74, 6) is 0.509. The first-order valence-electron chi connectivity index (χ1n) is 14.6. The van der Waals surface area contributed by atoms with Crippen molar-refractivity contribution in [2.24, 2.45) is 5.92 Å². The third kappa shape index (κ3) is 6.19. The summed E-state index contributed by atoms with van der Waals surface area (Å²) in [4.78, 5) is 31.2. The molecule has 43 heavy (non-hydrogen) atoms. The molecule has 1 unspecified atom stereocenters. The van der Waals surface area contributed by atoms with Crippen LogP contribution >= 0.6 is 11.8 Å². The Bertz CT molecular complexity index is 1750. The Kier molecular flexibility index (Phi) is 8.29. The summed E-state index contributed by atoms with van der Waals surface area (Å²) in [6.45, 7) is 4.16. The van der Waals surface area contributed by atoms with Crippen molar-refractivity contribution in [1.82, 2.24) is 14.6 Å². The highest BCUT2D eigenvalue weighted by molar-refractivity contribution is 7.99. The Morgan fingerprint density at radius 1 is 1.05 bits per heavy atom. The summed E-state index contributed by atoms with van der Waals surface area (Å²) in [5.41, 5.74) is 3.42. The van der Waals surface area contributed by atoms with Crippen molar-refractivity contribution in [3.63, 3.8) is 0 Å². The van der Waals surface area contributed by atoms with Crippen LogP contribution in [0.25, 0.3) is 16.7 Å². The maximum Gasteiger partial charge on any atom is 0.335 e. The Hall–Kier alpha value is -4.44. The number of amides is 1. The molecule has 1 amide bonds. The lowest BCUT2D eigenvalue weighted by Gasteiger charge is -2.26. The molecule has 0 aliphatic heterocycles. The number of hydrogen-bond acceptors (Lipinski definition) is 6. The highest BCUT2D eigenvalue weighted by atomic mass is 32.2. The SMILES string of the molecule is CCC(Oc1ccc(C(=O)O)cc1)C(=O)Nc1ccccc1Sc1c(OC2CCC(C)CC2)[nH]n2c1nc1ccccc12. The van der Waals surface area contributed by atoms with E-state index in [0.717, 1.165) is 52.2 Å². The van der Waals surface area contributed by atoms with Crippen LogP contribution in [0.5, 0.6) is 11.6 Å². The number of benzene rings is 3. The van der Waals surface area contributed by atoms with Gasteiger partial charge in [-0.1, -0.05) is 49.9 Å². The molecule has 0 spiro atoms. The molecular weight excluding hydrogens is 564 g/mol. The van der Waals surface area contributed by atoms with Crippen molar-refractivity contribution < 1.29 is 24.2 Å². The van der Waals surface area contributed by atoms with Crippen LogP contribution in [0.15, 0.2) is 82.6 Å². The second-order valence-corrected chi connectivity index (χ2v) is 12.0. The predicted octanol–water partition coefficient (Wildman–Crippen LogP) is 7.42. The number of para-hydroxylation sites is 3. The van der Waals surface area contributed by atoms with E-state index in [9.17, 15) is 9.59 Å². The zero-order valence-corrected chi connectivity index (χ0v) is 24.9. The number of aromatic carboxylic acids is 1. The molecule has 2 aromatic heterocycles. The number of H-pyrrole nitrogens is 1. The normalized spacial score (nSPS) is 17.5. The monoisotopic (exact) mass is 598 g/mol. The average Bonchev–Trinajstić information content (AvgIpc) is 3.54. The number of carbonyl (C=O) groups is 2. The van der Waals surface area contributed by atoms with Gasteiger partial charge < -0.3 is 19.9 Å². The summed E-state index contributed by atoms with van der Waals surface area (Å²) in [6.07, 6.45) is 4.11. The second-order valence-electron chi connectivity index (χ2n) is 11.0. The Labute approximate surface area is 253 Å². The fraction of sp³-hybridized carbons (Fsp3) is 0.303. The summed E-state index contributed by atoms with van der Waals surface area (Å²) in [6, 6.07) is 21.7. The highest BCUT2D eigenvalue weighted by Gasteiger charge is 2.26. The third-order valence-electron chi connectivity index (χ3n) is 7.83. The minimum Gasteiger partial charge on any atom is -0.481 e. The van der Waals surface area contributed by atoms with Crippen molar-refractivity contribution in [1.29, 1.82) is 0 Å². The Morgan fingerprint density at radius 2 is 1.77 bits per heavy atom. The van der Waals surface area contributed by atoms with E-state index in [-0.39, 0.29) is 17.6 Å². The van der Waals surface area contributed by atoms with E-state index < -0.39 is 12.1 Å². The number of aromatic amines is 1. The number of anilines is 1. The van der Waals surface area contributed by atoms with Gasteiger partial charge in [0.25, 0.3) is 5.91 Å². The van der Waals surface area contributed by atoms with Gasteiger partial charge in [0, 0.05) is 4.90 Å². The molecule has 3 N–H and O–H groups in total. The van der Waals surface area contributed by atoms with E-state index in [1.54, 1.807) is 12.1 Å². The molecule has 222 valence electrons. The predicted molar refractivity (Wildman–Crippen MR) is 166 cm³/mol. The summed E-state index contributed by atoms with van der Waals surface area (Å²) in [5, 5.41) is 15.7. The molecule has 1 aliphatic carbocycles. The van der Waals surface area contributed by atoms with Gasteiger partial charge >= 0.3 is 5.97 Å². The zero-order valence-electron chi connectivity index (χ0n) is 24.1. The Balaban J connectivity index is 1.26. The zero-order chi connectivity index (χ0) is 29.9. The van der Waals surface area contributed by atoms with Crippen LogP contribution in [0.4, 0.5) is 5.69 Å². The third-order valence-corrected chi connectivity index (χ3v) is 8.98. The second kappa shape index (κ2) is 12.4. The van der Waals surface area contributed by atoms with Crippen LogP contribution in [0.2, 0.25) is 0 Å². The van der Waals surface area contributed by atoms with Crippen molar-refractivity contribution in [3.05, 3.63) is 78.4 Å². The fourth-order valence-electron chi connectivity index (χ4n) is 5.38. The summed E-state index contributed by atoms with van der Waals surface area (Å²) < 4.78 is 14.5. The number of fused-ring (bicyclic) bond motifs is 3. The molecule has 1 saturated carbocycles. The minimum absolute atomic E-state index is 0.132. The van der Waals surface area contributed by atoms with E-state index in [0.29, 0.717) is 29.7 Å². The van der Waals surface area contributed by atoms with Crippen molar-refractivity contribution >= 4 is 46.0 Å². The lowest BCUT2D eigenvalue weighted by atomic mass is 9.89. The number of rotatable bonds is 10. The van der Waals surface area contributed by atoms with Crippen LogP contribution in [-0.4, -0.2) is 43.8 Å². The summed E-state index contributed by atoms with van der Waals surface area (Å²) in [7, 11) is 0. The molecule has 9 nitrogen and oxygen atoms in total. The largest absolute Gasteiger partial charge is 0.481 e. The van der Waals surface area contributed by atoms with Gasteiger partial charge in [0.2, 0.25) is 5.88 Å². The quantitative estimate of drug-likeness (QED) is 0.153. The maximum atomic E-state index is 13.4. The number of carboxylic acid groups (broad SMARTS) is 1. The van der Waals surface area contributed by atoms with Gasteiger partial charge in [0.05, 0.1) is 22.3 Å². The van der Waals surface area contributed by atoms with Gasteiger partial charge in [-0.3, -0.25) is 9.89 Å². The van der Waals surface area contributed by atoms with E-state index in [1.807, 2.05) is 60.0 Å². The number of hydrogen-bond donors (Lipinski definition) is 3. The first-order chi connectivity index (χ1) is 20.9. The molecular formula is C33H34N4O5S. The molecule has 0 bridgehead atoms. The number of nitrogens with one attached hydrogen (secondary N) is 2. The van der Waals surface area contributed by atoms with E-state index in [4.69, 9.17) is 19.6 Å². The Morgan fingerprint density at radius 3 is 2.51 bits per heavy atom. The van der Waals surface area contributed by atoms with Crippen molar-refractivity contribution in [3.8, 4) is 11.6 Å². The highest BCUT2D eigenvalue weighted by Crippen LogP contribution is 2.43. The molecule has 1 aliphatic rings. The van der Waals surface area contributed by atoms with E-state index >= 15 is 0 Å². The molecule has 1 fully saturated rings. The molecule has 0 radical (unpaired) electrons. The lowest BCUT2D eigenvalue weighted by Crippen LogP contribution is -2.32. The molecule has 0 saturated heterocycles. The van der Waals surface area contributed by atoms with Gasteiger partial charge in [-0.25, -0.2) is 14.3 Å². The first-order valence-corrected chi connectivity index (χ1v) is 15.4. The topological polar surface area (TPSA) is 118 Å². The van der Waals surface area contributed by atoms with Crippen molar-refractivity contribution in [2.75, 3.05) is 5.32 Å². The standard InChI is InChI=1S/C33H34N4O5S/c1-3-27(41-22-18-14-21(15-19-22)33(39)40)31(38)35-25-9-5-7-11-28(25)43-29-30-34-24-8-4-6-10-26(24)37(30)36-32(29)42-23-16-12-20(2)13-17-23/h4-11,14-15,18-20,23,27,36H,3,12-13,16-17H2,1-2H3,(H,35,38)(H,39,40). The first kappa shape index (κ1) is 28.7.